The van der Waals surface area contributed by atoms with Crippen LogP contribution in [0.15, 0.2) is 18.2 Å². The number of fused-ring (bicyclic) bond motifs is 1. The van der Waals surface area contributed by atoms with Gasteiger partial charge in [-0.15, -0.1) is 0 Å². The molecule has 1 aromatic heterocycles. The summed E-state index contributed by atoms with van der Waals surface area (Å²) in [5, 5.41) is 11.6. The van der Waals surface area contributed by atoms with E-state index in [1.54, 1.807) is 23.6 Å². The van der Waals surface area contributed by atoms with E-state index in [9.17, 15) is 23.6 Å². The van der Waals surface area contributed by atoms with Crippen molar-refractivity contribution in [2.75, 3.05) is 5.32 Å². The fourth-order valence-electron chi connectivity index (χ4n) is 5.46. The van der Waals surface area contributed by atoms with Crippen molar-refractivity contribution in [2.24, 2.45) is 11.3 Å². The highest BCUT2D eigenvalue weighted by molar-refractivity contribution is 6.48. The molecule has 192 valence electrons. The average Bonchev–Trinajstić information content (AvgIpc) is 3.36. The molecule has 9 heteroatoms. The van der Waals surface area contributed by atoms with Crippen molar-refractivity contribution < 1.29 is 28.7 Å². The Kier molecular flexibility index (Phi) is 7.36. The maximum atomic E-state index is 13.9. The minimum atomic E-state index is -0.820. The Morgan fingerprint density at radius 2 is 1.92 bits per heavy atom. The number of amides is 1. The van der Waals surface area contributed by atoms with Gasteiger partial charge in [-0.25, -0.2) is 4.39 Å². The van der Waals surface area contributed by atoms with Crippen molar-refractivity contribution >= 4 is 40.7 Å². The Morgan fingerprint density at radius 1 is 1.22 bits per heavy atom. The largest absolute Gasteiger partial charge is 0.481 e. The van der Waals surface area contributed by atoms with Gasteiger partial charge in [0.05, 0.1) is 10.6 Å². The lowest BCUT2D eigenvalue weighted by atomic mass is 9.68. The van der Waals surface area contributed by atoms with Crippen molar-refractivity contribution in [1.29, 1.82) is 0 Å². The fraction of sp³-hybridized carbons (Fsp3) is 0.481. The second-order valence-electron chi connectivity index (χ2n) is 10.4. The summed E-state index contributed by atoms with van der Waals surface area (Å²) in [6, 6.07) is 4.36. The average molecular weight is 517 g/mol. The summed E-state index contributed by atoms with van der Waals surface area (Å²) < 4.78 is 15.6. The third kappa shape index (κ3) is 5.24. The predicted molar refractivity (Wildman–Crippen MR) is 133 cm³/mol. The SMILES string of the molecule is Cc1ccc(NC(=O)c2c(Cl)c(C(=O)C(=O)CC3(C)CCC(CC(=O)O)CC3)n3c2CCC3)cc1F. The number of rotatable bonds is 8. The molecule has 2 N–H and O–H groups in total. The fourth-order valence-corrected chi connectivity index (χ4v) is 5.85. The second kappa shape index (κ2) is 10.2. The maximum Gasteiger partial charge on any atom is 0.303 e. The van der Waals surface area contributed by atoms with Gasteiger partial charge in [0.25, 0.3) is 5.91 Å². The van der Waals surface area contributed by atoms with Gasteiger partial charge >= 0.3 is 5.97 Å². The highest BCUT2D eigenvalue weighted by Crippen LogP contribution is 2.43. The summed E-state index contributed by atoms with van der Waals surface area (Å²) in [4.78, 5) is 50.5. The van der Waals surface area contributed by atoms with Gasteiger partial charge in [-0.3, -0.25) is 19.2 Å². The molecule has 0 bridgehead atoms. The number of carboxylic acid groups (broad SMARTS) is 1. The first-order chi connectivity index (χ1) is 17.0. The van der Waals surface area contributed by atoms with E-state index in [2.05, 4.69) is 5.32 Å². The van der Waals surface area contributed by atoms with Crippen LogP contribution >= 0.6 is 11.6 Å². The van der Waals surface area contributed by atoms with Crippen molar-refractivity contribution in [3.05, 3.63) is 51.6 Å². The Hall–Kier alpha value is -3.00. The van der Waals surface area contributed by atoms with Crippen LogP contribution < -0.4 is 5.32 Å². The summed E-state index contributed by atoms with van der Waals surface area (Å²) in [6.07, 6.45) is 4.17. The number of aliphatic carboxylic acids is 1. The molecule has 4 rings (SSSR count). The maximum absolute atomic E-state index is 13.9. The third-order valence-corrected chi connectivity index (χ3v) is 7.96. The molecule has 2 heterocycles. The summed E-state index contributed by atoms with van der Waals surface area (Å²) in [5.41, 5.74) is 1.12. The number of carbonyl (C=O) groups is 4. The van der Waals surface area contributed by atoms with E-state index >= 15 is 0 Å². The van der Waals surface area contributed by atoms with E-state index in [4.69, 9.17) is 16.7 Å². The molecule has 0 radical (unpaired) electrons. The van der Waals surface area contributed by atoms with Gasteiger partial charge in [-0.05, 0) is 74.5 Å². The Morgan fingerprint density at radius 3 is 2.56 bits per heavy atom. The molecule has 0 saturated heterocycles. The highest BCUT2D eigenvalue weighted by atomic mass is 35.5. The number of nitrogens with one attached hydrogen (secondary N) is 1. The van der Waals surface area contributed by atoms with Crippen LogP contribution in [0.4, 0.5) is 10.1 Å². The number of halogens is 2. The van der Waals surface area contributed by atoms with Gasteiger partial charge < -0.3 is 15.0 Å². The topological polar surface area (TPSA) is 105 Å². The van der Waals surface area contributed by atoms with Crippen molar-refractivity contribution in [3.8, 4) is 0 Å². The summed E-state index contributed by atoms with van der Waals surface area (Å²) in [5.74, 6) is -3.00. The van der Waals surface area contributed by atoms with Gasteiger partial charge in [0.2, 0.25) is 11.6 Å². The molecule has 0 unspecified atom stereocenters. The number of nitrogens with zero attached hydrogens (tertiary/aromatic N) is 1. The van der Waals surface area contributed by atoms with Crippen LogP contribution in [-0.2, 0) is 22.6 Å². The number of carboxylic acids is 1. The van der Waals surface area contributed by atoms with Gasteiger partial charge in [-0.1, -0.05) is 24.6 Å². The van der Waals surface area contributed by atoms with E-state index in [0.29, 0.717) is 56.3 Å². The second-order valence-corrected chi connectivity index (χ2v) is 10.8. The number of hydrogen-bond donors (Lipinski definition) is 2. The number of ketones is 2. The number of aromatic nitrogens is 1. The highest BCUT2D eigenvalue weighted by Gasteiger charge is 2.38. The van der Waals surface area contributed by atoms with Gasteiger partial charge in [-0.2, -0.15) is 0 Å². The van der Waals surface area contributed by atoms with Crippen molar-refractivity contribution in [1.82, 2.24) is 4.57 Å². The van der Waals surface area contributed by atoms with Crippen molar-refractivity contribution in [3.63, 3.8) is 0 Å². The Bertz CT molecular complexity index is 1240. The summed E-state index contributed by atoms with van der Waals surface area (Å²) >= 11 is 6.56. The quantitative estimate of drug-likeness (QED) is 0.351. The minimum absolute atomic E-state index is 0.0394. The first kappa shape index (κ1) is 26.1. The van der Waals surface area contributed by atoms with Crippen molar-refractivity contribution in [2.45, 2.75) is 71.8 Å². The van der Waals surface area contributed by atoms with Crippen LogP contribution in [-0.4, -0.2) is 33.1 Å². The lowest BCUT2D eigenvalue weighted by molar-refractivity contribution is -0.138. The van der Waals surface area contributed by atoms with E-state index in [1.807, 2.05) is 6.92 Å². The number of carbonyl (C=O) groups excluding carboxylic acids is 3. The molecule has 2 aliphatic rings. The molecule has 1 fully saturated rings. The molecule has 1 aromatic carbocycles. The molecule has 2 aromatic rings. The Labute approximate surface area is 214 Å². The smallest absolute Gasteiger partial charge is 0.303 e. The first-order valence-electron chi connectivity index (χ1n) is 12.3. The molecule has 7 nitrogen and oxygen atoms in total. The van der Waals surface area contributed by atoms with E-state index in [1.165, 1.54) is 6.07 Å². The molecular formula is C27H30ClFN2O5. The lowest BCUT2D eigenvalue weighted by Gasteiger charge is -2.36. The van der Waals surface area contributed by atoms with Crippen LogP contribution in [0.3, 0.4) is 0 Å². The van der Waals surface area contributed by atoms with E-state index in [-0.39, 0.29) is 46.1 Å². The van der Waals surface area contributed by atoms with Crippen LogP contribution in [0.5, 0.6) is 0 Å². The normalized spacial score (nSPS) is 21.2. The standard InChI is InChI=1S/C27H30ClFN2O5/c1-15-5-6-17(13-18(15)29)30-26(36)22-19-4-3-11-31(19)24(23(22)28)25(35)20(32)14-27(2)9-7-16(8-10-27)12-21(33)34/h5-6,13,16H,3-4,7-12,14H2,1-2H3,(H,30,36)(H,33,34). The molecule has 1 saturated carbocycles. The van der Waals surface area contributed by atoms with Crippen LogP contribution in [0.2, 0.25) is 5.02 Å². The zero-order valence-electron chi connectivity index (χ0n) is 20.5. The number of hydrogen-bond acceptors (Lipinski definition) is 4. The van der Waals surface area contributed by atoms with Gasteiger partial charge in [0, 0.05) is 30.8 Å². The molecule has 1 aliphatic heterocycles. The monoisotopic (exact) mass is 516 g/mol. The third-order valence-electron chi connectivity index (χ3n) is 7.60. The molecular weight excluding hydrogens is 487 g/mol. The van der Waals surface area contributed by atoms with E-state index < -0.39 is 29.3 Å². The number of benzene rings is 1. The Balaban J connectivity index is 1.52. The number of aryl methyl sites for hydroxylation is 1. The van der Waals surface area contributed by atoms with Gasteiger partial charge in [0.15, 0.2) is 0 Å². The van der Waals surface area contributed by atoms with Crippen LogP contribution in [0.1, 0.15) is 84.0 Å². The number of Topliss-reactive ketones (excluding diaryl/α,β-unsaturated/α-hetero) is 2. The minimum Gasteiger partial charge on any atom is -0.481 e. The zero-order chi connectivity index (χ0) is 26.2. The van der Waals surface area contributed by atoms with Crippen LogP contribution in [0, 0.1) is 24.1 Å². The van der Waals surface area contributed by atoms with E-state index in [0.717, 1.165) is 0 Å². The van der Waals surface area contributed by atoms with Crippen LogP contribution in [0.25, 0.3) is 0 Å². The zero-order valence-corrected chi connectivity index (χ0v) is 21.2. The molecule has 1 amide bonds. The lowest BCUT2D eigenvalue weighted by Crippen LogP contribution is -2.31. The predicted octanol–water partition coefficient (Wildman–Crippen LogP) is 5.60. The number of anilines is 1. The first-order valence-corrected chi connectivity index (χ1v) is 12.6. The molecule has 0 spiro atoms. The van der Waals surface area contributed by atoms with Gasteiger partial charge in [0.1, 0.15) is 11.5 Å². The molecule has 36 heavy (non-hydrogen) atoms. The molecule has 1 aliphatic carbocycles. The molecule has 0 atom stereocenters. The summed E-state index contributed by atoms with van der Waals surface area (Å²) in [7, 11) is 0. The summed E-state index contributed by atoms with van der Waals surface area (Å²) in [6.45, 7) is 4.05.